The van der Waals surface area contributed by atoms with E-state index in [-0.39, 0.29) is 0 Å². The monoisotopic (exact) mass is 265 g/mol. The zero-order valence-electron chi connectivity index (χ0n) is 11.6. The minimum Gasteiger partial charge on any atom is -0.376 e. The fourth-order valence-corrected chi connectivity index (χ4v) is 2.57. The summed E-state index contributed by atoms with van der Waals surface area (Å²) in [5, 5.41) is 12.0. The SMILES string of the molecule is CCCC(Nc1cccc2cn[nH]c12)c1ccccc1. The van der Waals surface area contributed by atoms with Gasteiger partial charge in [0.15, 0.2) is 0 Å². The average molecular weight is 265 g/mol. The Hall–Kier alpha value is -2.29. The standard InChI is InChI=1S/C17H19N3/c1-2-7-15(13-8-4-3-5-9-13)19-16-11-6-10-14-12-18-20-17(14)16/h3-6,8-12,15,19H,2,7H2,1H3,(H,18,20). The summed E-state index contributed by atoms with van der Waals surface area (Å²) < 4.78 is 0. The number of hydrogen-bond donors (Lipinski definition) is 2. The van der Waals surface area contributed by atoms with Crippen molar-refractivity contribution in [3.8, 4) is 0 Å². The molecule has 3 rings (SSSR count). The first-order valence-corrected chi connectivity index (χ1v) is 7.12. The van der Waals surface area contributed by atoms with Crippen molar-refractivity contribution in [1.29, 1.82) is 0 Å². The van der Waals surface area contributed by atoms with E-state index in [2.05, 4.69) is 71.0 Å². The lowest BCUT2D eigenvalue weighted by Gasteiger charge is -2.20. The van der Waals surface area contributed by atoms with Crippen LogP contribution < -0.4 is 5.32 Å². The van der Waals surface area contributed by atoms with Crippen molar-refractivity contribution in [2.24, 2.45) is 0 Å². The molecule has 102 valence electrons. The summed E-state index contributed by atoms with van der Waals surface area (Å²) in [5.74, 6) is 0. The van der Waals surface area contributed by atoms with Gasteiger partial charge in [0, 0.05) is 5.39 Å². The predicted octanol–water partition coefficient (Wildman–Crippen LogP) is 4.52. The summed E-state index contributed by atoms with van der Waals surface area (Å²) in [7, 11) is 0. The predicted molar refractivity (Wildman–Crippen MR) is 83.8 cm³/mol. The molecule has 3 heteroatoms. The van der Waals surface area contributed by atoms with E-state index in [0.717, 1.165) is 29.4 Å². The Kier molecular flexibility index (Phi) is 3.68. The van der Waals surface area contributed by atoms with Gasteiger partial charge < -0.3 is 5.32 Å². The Bertz CT molecular complexity index is 673. The molecule has 0 amide bonds. The van der Waals surface area contributed by atoms with Crippen molar-refractivity contribution in [1.82, 2.24) is 10.2 Å². The summed E-state index contributed by atoms with van der Waals surface area (Å²) in [6.07, 6.45) is 4.11. The van der Waals surface area contributed by atoms with E-state index < -0.39 is 0 Å². The van der Waals surface area contributed by atoms with Crippen LogP contribution in [0.1, 0.15) is 31.4 Å². The molecule has 1 unspecified atom stereocenters. The van der Waals surface area contributed by atoms with Crippen LogP contribution in [0, 0.1) is 0 Å². The average Bonchev–Trinajstić information content (AvgIpc) is 2.97. The van der Waals surface area contributed by atoms with Gasteiger partial charge in [-0.1, -0.05) is 55.8 Å². The molecule has 0 aliphatic heterocycles. The molecule has 1 heterocycles. The number of benzene rings is 2. The van der Waals surface area contributed by atoms with Crippen LogP contribution in [0.4, 0.5) is 5.69 Å². The highest BCUT2D eigenvalue weighted by Gasteiger charge is 2.12. The molecule has 2 N–H and O–H groups in total. The quantitative estimate of drug-likeness (QED) is 0.712. The normalized spacial score (nSPS) is 12.4. The first kappa shape index (κ1) is 12.7. The number of aromatic amines is 1. The van der Waals surface area contributed by atoms with E-state index in [1.807, 2.05) is 6.20 Å². The van der Waals surface area contributed by atoms with E-state index in [1.165, 1.54) is 5.56 Å². The molecule has 3 aromatic rings. The summed E-state index contributed by atoms with van der Waals surface area (Å²) in [6, 6.07) is 17.2. The molecule has 0 fully saturated rings. The molecule has 2 aromatic carbocycles. The van der Waals surface area contributed by atoms with Gasteiger partial charge in [0.2, 0.25) is 0 Å². The molecule has 0 radical (unpaired) electrons. The molecule has 0 saturated carbocycles. The zero-order chi connectivity index (χ0) is 13.8. The third kappa shape index (κ3) is 2.52. The van der Waals surface area contributed by atoms with Gasteiger partial charge in [0.25, 0.3) is 0 Å². The zero-order valence-corrected chi connectivity index (χ0v) is 11.6. The van der Waals surface area contributed by atoms with Gasteiger partial charge in [-0.25, -0.2) is 0 Å². The molecular weight excluding hydrogens is 246 g/mol. The molecule has 3 nitrogen and oxygen atoms in total. The lowest BCUT2D eigenvalue weighted by molar-refractivity contribution is 0.678. The first-order valence-electron chi connectivity index (χ1n) is 7.12. The van der Waals surface area contributed by atoms with Crippen LogP contribution in [0.5, 0.6) is 0 Å². The van der Waals surface area contributed by atoms with Crippen LogP contribution in [0.2, 0.25) is 0 Å². The number of rotatable bonds is 5. The van der Waals surface area contributed by atoms with Gasteiger partial charge in [-0.3, -0.25) is 5.10 Å². The third-order valence-electron chi connectivity index (χ3n) is 3.59. The summed E-state index contributed by atoms with van der Waals surface area (Å²) >= 11 is 0. The molecule has 20 heavy (non-hydrogen) atoms. The summed E-state index contributed by atoms with van der Waals surface area (Å²) in [4.78, 5) is 0. The van der Waals surface area contributed by atoms with Gasteiger partial charge in [-0.2, -0.15) is 5.10 Å². The minimum absolute atomic E-state index is 0.329. The van der Waals surface area contributed by atoms with Crippen LogP contribution in [0.3, 0.4) is 0 Å². The lowest BCUT2D eigenvalue weighted by Crippen LogP contribution is -2.10. The fourth-order valence-electron chi connectivity index (χ4n) is 2.57. The summed E-state index contributed by atoms with van der Waals surface area (Å²) in [6.45, 7) is 2.22. The van der Waals surface area contributed by atoms with E-state index in [1.54, 1.807) is 0 Å². The minimum atomic E-state index is 0.329. The molecule has 1 aromatic heterocycles. The topological polar surface area (TPSA) is 40.7 Å². The Balaban J connectivity index is 1.92. The molecule has 0 aliphatic rings. The van der Waals surface area contributed by atoms with E-state index in [0.29, 0.717) is 6.04 Å². The molecule has 0 saturated heterocycles. The number of fused-ring (bicyclic) bond motifs is 1. The van der Waals surface area contributed by atoms with E-state index >= 15 is 0 Å². The van der Waals surface area contributed by atoms with Gasteiger partial charge in [-0.15, -0.1) is 0 Å². The maximum absolute atomic E-state index is 4.12. The van der Waals surface area contributed by atoms with Gasteiger partial charge in [0.1, 0.15) is 0 Å². The third-order valence-corrected chi connectivity index (χ3v) is 3.59. The van der Waals surface area contributed by atoms with E-state index in [4.69, 9.17) is 0 Å². The largest absolute Gasteiger partial charge is 0.376 e. The second-order valence-electron chi connectivity index (χ2n) is 5.04. The van der Waals surface area contributed by atoms with Gasteiger partial charge >= 0.3 is 0 Å². The molecule has 0 bridgehead atoms. The van der Waals surface area contributed by atoms with Crippen molar-refractivity contribution < 1.29 is 0 Å². The number of para-hydroxylation sites is 1. The van der Waals surface area contributed by atoms with Crippen LogP contribution in [0.15, 0.2) is 54.7 Å². The van der Waals surface area contributed by atoms with E-state index in [9.17, 15) is 0 Å². The molecule has 1 atom stereocenters. The number of nitrogens with zero attached hydrogens (tertiary/aromatic N) is 1. The first-order chi connectivity index (χ1) is 9.88. The second-order valence-corrected chi connectivity index (χ2v) is 5.04. The van der Waals surface area contributed by atoms with Gasteiger partial charge in [-0.05, 0) is 18.1 Å². The van der Waals surface area contributed by atoms with Crippen LogP contribution in [-0.2, 0) is 0 Å². The number of aromatic nitrogens is 2. The van der Waals surface area contributed by atoms with Crippen molar-refractivity contribution in [2.45, 2.75) is 25.8 Å². The van der Waals surface area contributed by atoms with Crippen molar-refractivity contribution in [2.75, 3.05) is 5.32 Å². The Labute approximate surface area is 119 Å². The van der Waals surface area contributed by atoms with Crippen molar-refractivity contribution in [3.05, 3.63) is 60.3 Å². The Morgan fingerprint density at radius 3 is 2.75 bits per heavy atom. The number of hydrogen-bond acceptors (Lipinski definition) is 2. The van der Waals surface area contributed by atoms with Crippen LogP contribution in [-0.4, -0.2) is 10.2 Å². The summed E-state index contributed by atoms with van der Waals surface area (Å²) in [5.41, 5.74) is 3.51. The number of nitrogens with one attached hydrogen (secondary N) is 2. The van der Waals surface area contributed by atoms with Crippen molar-refractivity contribution in [3.63, 3.8) is 0 Å². The number of H-pyrrole nitrogens is 1. The highest BCUT2D eigenvalue weighted by atomic mass is 15.1. The molecular formula is C17H19N3. The smallest absolute Gasteiger partial charge is 0.0881 e. The van der Waals surface area contributed by atoms with Crippen LogP contribution >= 0.6 is 0 Å². The second kappa shape index (κ2) is 5.78. The van der Waals surface area contributed by atoms with Gasteiger partial charge in [0.05, 0.1) is 23.4 Å². The Morgan fingerprint density at radius 1 is 1.10 bits per heavy atom. The maximum Gasteiger partial charge on any atom is 0.0881 e. The highest BCUT2D eigenvalue weighted by Crippen LogP contribution is 2.27. The maximum atomic E-state index is 4.12. The molecule has 0 aliphatic carbocycles. The number of anilines is 1. The lowest BCUT2D eigenvalue weighted by atomic mass is 10.0. The van der Waals surface area contributed by atoms with Crippen molar-refractivity contribution >= 4 is 16.6 Å². The van der Waals surface area contributed by atoms with Crippen LogP contribution in [0.25, 0.3) is 10.9 Å². The molecule has 0 spiro atoms. The highest BCUT2D eigenvalue weighted by molar-refractivity contribution is 5.90. The fraction of sp³-hybridized carbons (Fsp3) is 0.235. The Morgan fingerprint density at radius 2 is 1.95 bits per heavy atom.